The summed E-state index contributed by atoms with van der Waals surface area (Å²) in [4.78, 5) is 15.4. The van der Waals surface area contributed by atoms with E-state index in [9.17, 15) is 4.79 Å². The number of hydrogen-bond donors (Lipinski definition) is 1. The zero-order valence-electron chi connectivity index (χ0n) is 11.3. The molecule has 5 heteroatoms. The predicted molar refractivity (Wildman–Crippen MR) is 76.2 cm³/mol. The van der Waals surface area contributed by atoms with Gasteiger partial charge in [0.05, 0.1) is 23.8 Å². The minimum Gasteiger partial charge on any atom is -0.497 e. The first-order valence-electron chi connectivity index (χ1n) is 6.25. The summed E-state index contributed by atoms with van der Waals surface area (Å²) in [7, 11) is 1.60. The van der Waals surface area contributed by atoms with Crippen LogP contribution in [0.5, 0.6) is 5.75 Å². The molecule has 0 spiro atoms. The summed E-state index contributed by atoms with van der Waals surface area (Å²) in [5, 5.41) is 11.2. The van der Waals surface area contributed by atoms with Gasteiger partial charge in [0, 0.05) is 23.0 Å². The SMILES string of the molecule is COc1ccc2c3ccnc(C)c3n(CC(=O)O)c2c1. The maximum atomic E-state index is 11.1. The van der Waals surface area contributed by atoms with Gasteiger partial charge < -0.3 is 14.4 Å². The number of aryl methyl sites for hydroxylation is 1. The molecule has 102 valence electrons. The lowest BCUT2D eigenvalue weighted by Crippen LogP contribution is -2.09. The molecule has 0 aliphatic heterocycles. The van der Waals surface area contributed by atoms with Gasteiger partial charge in [-0.25, -0.2) is 0 Å². The van der Waals surface area contributed by atoms with Crippen LogP contribution in [0, 0.1) is 6.92 Å². The van der Waals surface area contributed by atoms with Crippen LogP contribution in [-0.4, -0.2) is 27.7 Å². The van der Waals surface area contributed by atoms with Crippen LogP contribution in [-0.2, 0) is 11.3 Å². The third-order valence-corrected chi connectivity index (χ3v) is 3.46. The number of carbonyl (C=O) groups is 1. The molecular formula is C15H14N2O3. The Kier molecular flexibility index (Phi) is 2.82. The number of carboxylic acids is 1. The van der Waals surface area contributed by atoms with Crippen molar-refractivity contribution in [2.75, 3.05) is 7.11 Å². The molecule has 1 N–H and O–H groups in total. The molecule has 0 fully saturated rings. The summed E-state index contributed by atoms with van der Waals surface area (Å²) < 4.78 is 7.01. The molecule has 0 bridgehead atoms. The fraction of sp³-hybridized carbons (Fsp3) is 0.200. The molecule has 0 aliphatic carbocycles. The molecule has 0 atom stereocenters. The molecule has 3 aromatic rings. The van der Waals surface area contributed by atoms with Crippen LogP contribution in [0.3, 0.4) is 0 Å². The van der Waals surface area contributed by atoms with E-state index in [0.717, 1.165) is 27.5 Å². The fourth-order valence-electron chi connectivity index (χ4n) is 2.63. The Morgan fingerprint density at radius 3 is 2.85 bits per heavy atom. The van der Waals surface area contributed by atoms with E-state index in [1.807, 2.05) is 31.2 Å². The van der Waals surface area contributed by atoms with Crippen molar-refractivity contribution in [3.63, 3.8) is 0 Å². The first-order chi connectivity index (χ1) is 9.61. The molecule has 0 saturated heterocycles. The number of hydrogen-bond acceptors (Lipinski definition) is 3. The van der Waals surface area contributed by atoms with Gasteiger partial charge in [-0.2, -0.15) is 0 Å². The summed E-state index contributed by atoms with van der Waals surface area (Å²) in [6, 6.07) is 7.60. The number of fused-ring (bicyclic) bond motifs is 3. The summed E-state index contributed by atoms with van der Waals surface area (Å²) in [5.41, 5.74) is 2.52. The van der Waals surface area contributed by atoms with Crippen molar-refractivity contribution in [3.8, 4) is 5.75 Å². The van der Waals surface area contributed by atoms with Gasteiger partial charge in [0.25, 0.3) is 0 Å². The second-order valence-electron chi connectivity index (χ2n) is 4.66. The van der Waals surface area contributed by atoms with Gasteiger partial charge in [-0.15, -0.1) is 0 Å². The minimum atomic E-state index is -0.880. The van der Waals surface area contributed by atoms with Crippen LogP contribution in [0.15, 0.2) is 30.5 Å². The van der Waals surface area contributed by atoms with E-state index in [1.54, 1.807) is 17.9 Å². The average molecular weight is 270 g/mol. The lowest BCUT2D eigenvalue weighted by Gasteiger charge is -2.06. The predicted octanol–water partition coefficient (Wildman–Crippen LogP) is 2.59. The monoisotopic (exact) mass is 270 g/mol. The van der Waals surface area contributed by atoms with Crippen LogP contribution < -0.4 is 4.74 Å². The first-order valence-corrected chi connectivity index (χ1v) is 6.25. The molecule has 2 heterocycles. The van der Waals surface area contributed by atoms with Crippen molar-refractivity contribution in [1.82, 2.24) is 9.55 Å². The van der Waals surface area contributed by atoms with Gasteiger partial charge in [-0.3, -0.25) is 9.78 Å². The first kappa shape index (κ1) is 12.5. The smallest absolute Gasteiger partial charge is 0.323 e. The van der Waals surface area contributed by atoms with Gasteiger partial charge in [-0.05, 0) is 25.1 Å². The van der Waals surface area contributed by atoms with Gasteiger partial charge in [-0.1, -0.05) is 0 Å². The summed E-state index contributed by atoms with van der Waals surface area (Å²) in [6.45, 7) is 1.79. The third-order valence-electron chi connectivity index (χ3n) is 3.46. The van der Waals surface area contributed by atoms with Crippen LogP contribution in [0.25, 0.3) is 21.8 Å². The second-order valence-corrected chi connectivity index (χ2v) is 4.66. The molecule has 0 radical (unpaired) electrons. The number of ether oxygens (including phenoxy) is 1. The van der Waals surface area contributed by atoms with Crippen molar-refractivity contribution < 1.29 is 14.6 Å². The molecular weight excluding hydrogens is 256 g/mol. The highest BCUT2D eigenvalue weighted by molar-refractivity contribution is 6.09. The maximum Gasteiger partial charge on any atom is 0.323 e. The van der Waals surface area contributed by atoms with E-state index < -0.39 is 5.97 Å². The Bertz CT molecular complexity index is 821. The summed E-state index contributed by atoms with van der Waals surface area (Å²) in [5.74, 6) is -0.174. The molecule has 20 heavy (non-hydrogen) atoms. The van der Waals surface area contributed by atoms with E-state index in [1.165, 1.54) is 0 Å². The molecule has 2 aromatic heterocycles. The Hall–Kier alpha value is -2.56. The van der Waals surface area contributed by atoms with E-state index in [2.05, 4.69) is 4.98 Å². The topological polar surface area (TPSA) is 64.4 Å². The number of benzene rings is 1. The minimum absolute atomic E-state index is 0.0975. The number of nitrogens with zero attached hydrogens (tertiary/aromatic N) is 2. The molecule has 0 saturated carbocycles. The quantitative estimate of drug-likeness (QED) is 0.794. The number of rotatable bonds is 3. The van der Waals surface area contributed by atoms with Crippen LogP contribution in [0.2, 0.25) is 0 Å². The second kappa shape index (κ2) is 4.52. The van der Waals surface area contributed by atoms with E-state index in [4.69, 9.17) is 9.84 Å². The van der Waals surface area contributed by atoms with E-state index >= 15 is 0 Å². The van der Waals surface area contributed by atoms with Gasteiger partial charge in [0.2, 0.25) is 0 Å². The Labute approximate surface area is 115 Å². The van der Waals surface area contributed by atoms with Gasteiger partial charge >= 0.3 is 5.97 Å². The Morgan fingerprint density at radius 1 is 1.35 bits per heavy atom. The summed E-state index contributed by atoms with van der Waals surface area (Å²) in [6.07, 6.45) is 1.74. The molecule has 0 amide bonds. The molecule has 5 nitrogen and oxygen atoms in total. The highest BCUT2D eigenvalue weighted by Crippen LogP contribution is 2.32. The fourth-order valence-corrected chi connectivity index (χ4v) is 2.63. The molecule has 3 rings (SSSR count). The number of aliphatic carboxylic acids is 1. The van der Waals surface area contributed by atoms with Crippen molar-refractivity contribution in [1.29, 1.82) is 0 Å². The highest BCUT2D eigenvalue weighted by Gasteiger charge is 2.15. The van der Waals surface area contributed by atoms with Gasteiger partial charge in [0.15, 0.2) is 0 Å². The summed E-state index contributed by atoms with van der Waals surface area (Å²) >= 11 is 0. The van der Waals surface area contributed by atoms with Crippen LogP contribution in [0.4, 0.5) is 0 Å². The largest absolute Gasteiger partial charge is 0.497 e. The highest BCUT2D eigenvalue weighted by atomic mass is 16.5. The number of methoxy groups -OCH3 is 1. The Morgan fingerprint density at radius 2 is 2.15 bits per heavy atom. The van der Waals surface area contributed by atoms with Crippen molar-refractivity contribution in [2.45, 2.75) is 13.5 Å². The maximum absolute atomic E-state index is 11.1. The van der Waals surface area contributed by atoms with E-state index in [-0.39, 0.29) is 6.54 Å². The standard InChI is InChI=1S/C15H14N2O3/c1-9-15-12(5-6-16-9)11-4-3-10(20-2)7-13(11)17(15)8-14(18)19/h3-7H,8H2,1-2H3,(H,18,19). The lowest BCUT2D eigenvalue weighted by atomic mass is 10.1. The zero-order chi connectivity index (χ0) is 14.3. The third kappa shape index (κ3) is 1.79. The van der Waals surface area contributed by atoms with Crippen LogP contribution in [0.1, 0.15) is 5.69 Å². The van der Waals surface area contributed by atoms with Crippen molar-refractivity contribution in [2.24, 2.45) is 0 Å². The van der Waals surface area contributed by atoms with Gasteiger partial charge in [0.1, 0.15) is 12.3 Å². The lowest BCUT2D eigenvalue weighted by molar-refractivity contribution is -0.137. The number of carboxylic acid groups (broad SMARTS) is 1. The Balaban J connectivity index is 2.46. The van der Waals surface area contributed by atoms with E-state index in [0.29, 0.717) is 5.75 Å². The number of pyridine rings is 1. The van der Waals surface area contributed by atoms with Crippen molar-refractivity contribution >= 4 is 27.8 Å². The normalized spacial score (nSPS) is 11.1. The molecule has 1 aromatic carbocycles. The average Bonchev–Trinajstić information content (AvgIpc) is 2.73. The molecule has 0 unspecified atom stereocenters. The van der Waals surface area contributed by atoms with Crippen molar-refractivity contribution in [3.05, 3.63) is 36.2 Å². The zero-order valence-corrected chi connectivity index (χ0v) is 11.3. The van der Waals surface area contributed by atoms with Crippen LogP contribution >= 0.6 is 0 Å². The number of aromatic nitrogens is 2. The molecule has 0 aliphatic rings.